The molecule has 1 aromatic heterocycles. The lowest BCUT2D eigenvalue weighted by Crippen LogP contribution is -2.42. The molecule has 0 saturated carbocycles. The molecule has 1 aliphatic rings. The Morgan fingerprint density at radius 1 is 1.25 bits per heavy atom. The monoisotopic (exact) mass is 365 g/mol. The van der Waals surface area contributed by atoms with Crippen molar-refractivity contribution in [2.45, 2.75) is 25.9 Å². The molecule has 0 radical (unpaired) electrons. The summed E-state index contributed by atoms with van der Waals surface area (Å²) in [6.07, 6.45) is 3.22. The van der Waals surface area contributed by atoms with Gasteiger partial charge in [-0.2, -0.15) is 4.98 Å². The molecule has 0 bridgehead atoms. The van der Waals surface area contributed by atoms with Crippen LogP contribution in [0.1, 0.15) is 29.0 Å². The van der Waals surface area contributed by atoms with E-state index >= 15 is 0 Å². The highest BCUT2D eigenvalue weighted by Gasteiger charge is 2.26. The fraction of sp³-hybridized carbons (Fsp3) is 0.353. The van der Waals surface area contributed by atoms with Crippen LogP contribution in [0.3, 0.4) is 0 Å². The second-order valence-corrected chi connectivity index (χ2v) is 6.52. The van der Waals surface area contributed by atoms with Gasteiger partial charge in [0.1, 0.15) is 11.9 Å². The molecular formula is C17H17Cl2N3O2. The Morgan fingerprint density at radius 3 is 2.67 bits per heavy atom. The fourth-order valence-electron chi connectivity index (χ4n) is 2.68. The molecule has 1 aliphatic heterocycles. The topological polar surface area (TPSA) is 55.3 Å². The predicted octanol–water partition coefficient (Wildman–Crippen LogP) is 3.78. The number of halogens is 2. The first-order valence-electron chi connectivity index (χ1n) is 7.73. The molecule has 0 unspecified atom stereocenters. The predicted molar refractivity (Wildman–Crippen MR) is 92.8 cm³/mol. The first kappa shape index (κ1) is 17.0. The summed E-state index contributed by atoms with van der Waals surface area (Å²) in [5, 5.41) is 0.895. The largest absolute Gasteiger partial charge is 0.474 e. The molecule has 0 atom stereocenters. The molecule has 7 heteroatoms. The fourth-order valence-corrected chi connectivity index (χ4v) is 3.17. The van der Waals surface area contributed by atoms with E-state index in [9.17, 15) is 4.79 Å². The number of carbonyl (C=O) groups excluding carboxylic acids is 1. The first-order valence-corrected chi connectivity index (χ1v) is 8.49. The molecule has 1 aromatic carbocycles. The third kappa shape index (κ3) is 3.97. The SMILES string of the molecule is Cc1nccc(OC2CCN(C(=O)c3ccc(Cl)cc3Cl)CC2)n1. The van der Waals surface area contributed by atoms with Crippen LogP contribution in [0.5, 0.6) is 5.88 Å². The van der Waals surface area contributed by atoms with Crippen LogP contribution in [0, 0.1) is 6.92 Å². The van der Waals surface area contributed by atoms with E-state index in [0.717, 1.165) is 12.8 Å². The molecule has 1 amide bonds. The number of amides is 1. The van der Waals surface area contributed by atoms with Gasteiger partial charge in [0.05, 0.1) is 10.6 Å². The maximum atomic E-state index is 12.6. The average Bonchev–Trinajstić information content (AvgIpc) is 2.55. The van der Waals surface area contributed by atoms with Gasteiger partial charge in [-0.3, -0.25) is 4.79 Å². The zero-order valence-corrected chi connectivity index (χ0v) is 14.7. The van der Waals surface area contributed by atoms with Gasteiger partial charge in [-0.25, -0.2) is 4.98 Å². The molecule has 3 rings (SSSR count). The van der Waals surface area contributed by atoms with E-state index in [1.165, 1.54) is 0 Å². The number of nitrogens with zero attached hydrogens (tertiary/aromatic N) is 3. The molecule has 2 heterocycles. The molecule has 0 spiro atoms. The molecule has 0 N–H and O–H groups in total. The van der Waals surface area contributed by atoms with Crippen molar-refractivity contribution < 1.29 is 9.53 Å². The van der Waals surface area contributed by atoms with Crippen molar-refractivity contribution in [3.05, 3.63) is 51.9 Å². The van der Waals surface area contributed by atoms with Crippen molar-refractivity contribution >= 4 is 29.1 Å². The standard InChI is InChI=1S/C17H17Cl2N3O2/c1-11-20-7-4-16(21-11)24-13-5-8-22(9-6-13)17(23)14-3-2-12(18)10-15(14)19/h2-4,7,10,13H,5-6,8-9H2,1H3. The number of hydrogen-bond donors (Lipinski definition) is 0. The number of hydrogen-bond acceptors (Lipinski definition) is 4. The van der Waals surface area contributed by atoms with Crippen LogP contribution in [0.15, 0.2) is 30.5 Å². The minimum absolute atomic E-state index is 0.0454. The number of likely N-dealkylation sites (tertiary alicyclic amines) is 1. The molecule has 126 valence electrons. The van der Waals surface area contributed by atoms with Crippen LogP contribution >= 0.6 is 23.2 Å². The summed E-state index contributed by atoms with van der Waals surface area (Å²) < 4.78 is 5.88. The summed E-state index contributed by atoms with van der Waals surface area (Å²) in [4.78, 5) is 22.7. The van der Waals surface area contributed by atoms with Gasteiger partial charge in [0.2, 0.25) is 5.88 Å². The highest BCUT2D eigenvalue weighted by molar-refractivity contribution is 6.36. The number of benzene rings is 1. The maximum absolute atomic E-state index is 12.6. The van der Waals surface area contributed by atoms with Crippen molar-refractivity contribution in [3.8, 4) is 5.88 Å². The zero-order valence-electron chi connectivity index (χ0n) is 13.2. The van der Waals surface area contributed by atoms with Crippen molar-refractivity contribution in [2.75, 3.05) is 13.1 Å². The van der Waals surface area contributed by atoms with Crippen LogP contribution in [0.4, 0.5) is 0 Å². The number of rotatable bonds is 3. The van der Waals surface area contributed by atoms with Gasteiger partial charge in [-0.15, -0.1) is 0 Å². The van der Waals surface area contributed by atoms with E-state index in [1.807, 2.05) is 6.92 Å². The van der Waals surface area contributed by atoms with Gasteiger partial charge in [-0.1, -0.05) is 23.2 Å². The summed E-state index contributed by atoms with van der Waals surface area (Å²) in [7, 11) is 0. The van der Waals surface area contributed by atoms with Gasteiger partial charge in [-0.05, 0) is 25.1 Å². The summed E-state index contributed by atoms with van der Waals surface area (Å²) in [6.45, 7) is 3.06. The number of piperidine rings is 1. The lowest BCUT2D eigenvalue weighted by Gasteiger charge is -2.32. The Labute approximate surface area is 150 Å². The third-order valence-electron chi connectivity index (χ3n) is 3.93. The van der Waals surface area contributed by atoms with Crippen molar-refractivity contribution in [1.29, 1.82) is 0 Å². The highest BCUT2D eigenvalue weighted by atomic mass is 35.5. The second kappa shape index (κ2) is 7.36. The van der Waals surface area contributed by atoms with E-state index in [4.69, 9.17) is 27.9 Å². The molecule has 0 aliphatic carbocycles. The van der Waals surface area contributed by atoms with E-state index in [0.29, 0.717) is 40.4 Å². The van der Waals surface area contributed by atoms with Crippen molar-refractivity contribution in [1.82, 2.24) is 14.9 Å². The van der Waals surface area contributed by atoms with Crippen LogP contribution in [0.25, 0.3) is 0 Å². The lowest BCUT2D eigenvalue weighted by atomic mass is 10.1. The molecular weight excluding hydrogens is 349 g/mol. The van der Waals surface area contributed by atoms with Crippen LogP contribution < -0.4 is 4.74 Å². The highest BCUT2D eigenvalue weighted by Crippen LogP contribution is 2.24. The molecule has 24 heavy (non-hydrogen) atoms. The summed E-state index contributed by atoms with van der Waals surface area (Å²) in [5.74, 6) is 1.18. The number of aryl methyl sites for hydroxylation is 1. The van der Waals surface area contributed by atoms with E-state index < -0.39 is 0 Å². The van der Waals surface area contributed by atoms with E-state index in [1.54, 1.807) is 35.4 Å². The first-order chi connectivity index (χ1) is 11.5. The van der Waals surface area contributed by atoms with Crippen LogP contribution in [-0.2, 0) is 0 Å². The van der Waals surface area contributed by atoms with Gasteiger partial charge < -0.3 is 9.64 Å². The van der Waals surface area contributed by atoms with Crippen molar-refractivity contribution in [3.63, 3.8) is 0 Å². The Morgan fingerprint density at radius 2 is 2.00 bits per heavy atom. The lowest BCUT2D eigenvalue weighted by molar-refractivity contribution is 0.0587. The Bertz CT molecular complexity index is 746. The minimum Gasteiger partial charge on any atom is -0.474 e. The Kier molecular flexibility index (Phi) is 5.21. The quantitative estimate of drug-likeness (QED) is 0.830. The normalized spacial score (nSPS) is 15.4. The second-order valence-electron chi connectivity index (χ2n) is 5.68. The van der Waals surface area contributed by atoms with Crippen LogP contribution in [0.2, 0.25) is 10.0 Å². The van der Waals surface area contributed by atoms with Crippen LogP contribution in [-0.4, -0.2) is 40.0 Å². The summed E-state index contributed by atoms with van der Waals surface area (Å²) >= 11 is 12.0. The molecule has 5 nitrogen and oxygen atoms in total. The Balaban J connectivity index is 1.59. The molecule has 1 saturated heterocycles. The number of ether oxygens (including phenoxy) is 1. The maximum Gasteiger partial charge on any atom is 0.255 e. The molecule has 2 aromatic rings. The van der Waals surface area contributed by atoms with Crippen molar-refractivity contribution in [2.24, 2.45) is 0 Å². The minimum atomic E-state index is -0.0759. The van der Waals surface area contributed by atoms with Gasteiger partial charge in [0, 0.05) is 43.2 Å². The van der Waals surface area contributed by atoms with E-state index in [-0.39, 0.29) is 12.0 Å². The molecule has 1 fully saturated rings. The number of aromatic nitrogens is 2. The van der Waals surface area contributed by atoms with E-state index in [2.05, 4.69) is 9.97 Å². The average molecular weight is 366 g/mol. The summed E-state index contributed by atoms with van der Waals surface area (Å²) in [6, 6.07) is 6.68. The van der Waals surface area contributed by atoms with Gasteiger partial charge in [0.25, 0.3) is 5.91 Å². The smallest absolute Gasteiger partial charge is 0.255 e. The third-order valence-corrected chi connectivity index (χ3v) is 4.48. The summed E-state index contributed by atoms with van der Waals surface area (Å²) in [5.41, 5.74) is 0.479. The Hall–Kier alpha value is -1.85. The zero-order chi connectivity index (χ0) is 17.1. The van der Waals surface area contributed by atoms with Gasteiger partial charge in [0.15, 0.2) is 0 Å². The van der Waals surface area contributed by atoms with Gasteiger partial charge >= 0.3 is 0 Å². The number of carbonyl (C=O) groups is 1.